The van der Waals surface area contributed by atoms with Gasteiger partial charge in [0.25, 0.3) is 0 Å². The van der Waals surface area contributed by atoms with E-state index in [4.69, 9.17) is 9.47 Å². The van der Waals surface area contributed by atoms with Gasteiger partial charge in [-0.3, -0.25) is 4.98 Å². The first kappa shape index (κ1) is 24.2. The van der Waals surface area contributed by atoms with Crippen molar-refractivity contribution in [2.75, 3.05) is 25.2 Å². The molecule has 0 bridgehead atoms. The smallest absolute Gasteiger partial charge is 0.319 e. The molecule has 1 aliphatic carbocycles. The van der Waals surface area contributed by atoms with E-state index in [9.17, 15) is 13.2 Å². The summed E-state index contributed by atoms with van der Waals surface area (Å²) in [4.78, 5) is 18.9. The summed E-state index contributed by atoms with van der Waals surface area (Å²) in [5, 5.41) is 5.11. The van der Waals surface area contributed by atoms with Crippen LogP contribution in [0.5, 0.6) is 0 Å². The van der Waals surface area contributed by atoms with E-state index in [1.807, 2.05) is 12.1 Å². The molecule has 35 heavy (non-hydrogen) atoms. The molecule has 2 aromatic rings. The van der Waals surface area contributed by atoms with Gasteiger partial charge in [-0.15, -0.1) is 0 Å². The number of pyridine rings is 1. The van der Waals surface area contributed by atoms with E-state index < -0.39 is 9.84 Å². The Bertz CT molecular complexity index is 1100. The van der Waals surface area contributed by atoms with Gasteiger partial charge in [-0.25, -0.2) is 13.2 Å². The van der Waals surface area contributed by atoms with Crippen LogP contribution in [0.4, 0.5) is 10.5 Å². The highest BCUT2D eigenvalue weighted by Gasteiger charge is 2.40. The van der Waals surface area contributed by atoms with Crippen LogP contribution in [-0.2, 0) is 25.9 Å². The molecule has 9 nitrogen and oxygen atoms in total. The van der Waals surface area contributed by atoms with Gasteiger partial charge >= 0.3 is 6.03 Å². The number of anilines is 1. The zero-order valence-electron chi connectivity index (χ0n) is 19.6. The van der Waals surface area contributed by atoms with E-state index in [1.165, 1.54) is 0 Å². The van der Waals surface area contributed by atoms with Gasteiger partial charge in [-0.1, -0.05) is 6.07 Å². The molecule has 3 aliphatic rings. The summed E-state index contributed by atoms with van der Waals surface area (Å²) < 4.78 is 37.8. The van der Waals surface area contributed by atoms with Gasteiger partial charge in [0.1, 0.15) is 6.79 Å². The molecule has 1 aromatic carbocycles. The number of urea groups is 1. The Morgan fingerprint density at radius 1 is 1.03 bits per heavy atom. The minimum Gasteiger partial charge on any atom is -0.349 e. The van der Waals surface area contributed by atoms with E-state index in [0.717, 1.165) is 37.9 Å². The summed E-state index contributed by atoms with van der Waals surface area (Å²) in [6.45, 7) is 2.31. The van der Waals surface area contributed by atoms with Crippen molar-refractivity contribution >= 4 is 21.6 Å². The minimum absolute atomic E-state index is 0.180. The number of carbonyl (C=O) groups is 1. The predicted molar refractivity (Wildman–Crippen MR) is 131 cm³/mol. The van der Waals surface area contributed by atoms with Gasteiger partial charge in [-0.2, -0.15) is 0 Å². The molecule has 2 amide bonds. The number of carbonyl (C=O) groups excluding carboxylic acids is 1. The number of rotatable bonds is 6. The van der Waals surface area contributed by atoms with Crippen molar-refractivity contribution in [3.63, 3.8) is 0 Å². The van der Waals surface area contributed by atoms with E-state index >= 15 is 0 Å². The second-order valence-corrected chi connectivity index (χ2v) is 11.7. The second kappa shape index (κ2) is 10.6. The highest BCUT2D eigenvalue weighted by atomic mass is 32.2. The molecular weight excluding hydrogens is 468 g/mol. The summed E-state index contributed by atoms with van der Waals surface area (Å²) in [5.41, 5.74) is 1.43. The maximum atomic E-state index is 13.3. The summed E-state index contributed by atoms with van der Waals surface area (Å²) in [7, 11) is -3.43. The average molecular weight is 501 g/mol. The largest absolute Gasteiger partial charge is 0.349 e. The highest BCUT2D eigenvalue weighted by Crippen LogP contribution is 2.33. The Labute approximate surface area is 206 Å². The molecule has 2 saturated heterocycles. The number of nitrogens with one attached hydrogen (secondary N) is 2. The summed E-state index contributed by atoms with van der Waals surface area (Å²) >= 11 is 0. The van der Waals surface area contributed by atoms with Crippen LogP contribution in [0.1, 0.15) is 37.7 Å². The minimum atomic E-state index is -3.43. The van der Waals surface area contributed by atoms with Gasteiger partial charge in [-0.05, 0) is 81.1 Å². The van der Waals surface area contributed by atoms with Crippen LogP contribution >= 0.6 is 0 Å². The Hall–Kier alpha value is -2.53. The molecule has 2 aliphatic heterocycles. The molecule has 0 spiro atoms. The van der Waals surface area contributed by atoms with Crippen LogP contribution in [0.2, 0.25) is 0 Å². The third kappa shape index (κ3) is 5.66. The van der Waals surface area contributed by atoms with Gasteiger partial charge in [0.05, 0.1) is 22.4 Å². The number of hydrogen-bond acceptors (Lipinski definition) is 7. The third-order valence-electron chi connectivity index (χ3n) is 7.32. The van der Waals surface area contributed by atoms with Gasteiger partial charge < -0.3 is 25.0 Å². The van der Waals surface area contributed by atoms with Crippen LogP contribution in [0.15, 0.2) is 53.7 Å². The Kier molecular flexibility index (Phi) is 7.33. The number of aromatic nitrogens is 1. The topological polar surface area (TPSA) is 110 Å². The number of nitrogens with zero attached hydrogens (tertiary/aromatic N) is 2. The van der Waals surface area contributed by atoms with Crippen LogP contribution in [0.25, 0.3) is 0 Å². The fraction of sp³-hybridized carbons (Fsp3) is 0.520. The molecule has 3 heterocycles. The average Bonchev–Trinajstić information content (AvgIpc) is 3.37. The summed E-state index contributed by atoms with van der Waals surface area (Å²) in [6.07, 6.45) is 8.08. The van der Waals surface area contributed by atoms with Crippen LogP contribution in [0, 0.1) is 0 Å². The van der Waals surface area contributed by atoms with Gasteiger partial charge in [0, 0.05) is 30.7 Å². The third-order valence-corrected chi connectivity index (χ3v) is 9.59. The number of amides is 2. The number of benzene rings is 1. The van der Waals surface area contributed by atoms with E-state index in [2.05, 4.69) is 20.5 Å². The quantitative estimate of drug-likeness (QED) is 0.628. The lowest BCUT2D eigenvalue weighted by Crippen LogP contribution is -2.48. The van der Waals surface area contributed by atoms with E-state index in [0.29, 0.717) is 42.8 Å². The van der Waals surface area contributed by atoms with E-state index in [-0.39, 0.29) is 23.5 Å². The van der Waals surface area contributed by atoms with Crippen LogP contribution < -0.4 is 10.6 Å². The molecule has 0 radical (unpaired) electrons. The zero-order chi connectivity index (χ0) is 24.3. The highest BCUT2D eigenvalue weighted by molar-refractivity contribution is 7.92. The molecule has 10 heteroatoms. The fourth-order valence-corrected chi connectivity index (χ4v) is 7.06. The molecule has 3 atom stereocenters. The number of hydrogen-bond donors (Lipinski definition) is 2. The maximum Gasteiger partial charge on any atom is 0.319 e. The number of fused-ring (bicyclic) bond motifs is 1. The molecule has 1 saturated carbocycles. The summed E-state index contributed by atoms with van der Waals surface area (Å²) in [6, 6.07) is 10.2. The standard InChI is InChI=1S/C25H32N4O5S/c30-25(27-16-18-2-1-11-26-15-18)28-19-3-6-21(7-4-19)35(31,32)22-9-12-29(13-10-22)20-5-8-23-24(14-20)34-17-33-23/h1-4,6-7,11,15,20,22-24H,5,8-10,12-14,16-17H2,(H2,27,28,30). The molecular formula is C25H32N4O5S. The molecule has 5 rings (SSSR count). The van der Waals surface area contributed by atoms with E-state index in [1.54, 1.807) is 36.7 Å². The monoisotopic (exact) mass is 500 g/mol. The molecule has 2 N–H and O–H groups in total. The number of ether oxygens (including phenoxy) is 2. The first-order valence-electron chi connectivity index (χ1n) is 12.2. The molecule has 3 unspecified atom stereocenters. The van der Waals surface area contributed by atoms with Crippen molar-refractivity contribution in [3.05, 3.63) is 54.4 Å². The summed E-state index contributed by atoms with van der Waals surface area (Å²) in [5.74, 6) is 0. The Morgan fingerprint density at radius 2 is 1.80 bits per heavy atom. The van der Waals surface area contributed by atoms with Crippen LogP contribution in [0.3, 0.4) is 0 Å². The molecule has 3 fully saturated rings. The van der Waals surface area contributed by atoms with Crippen molar-refractivity contribution < 1.29 is 22.7 Å². The first-order valence-corrected chi connectivity index (χ1v) is 13.8. The molecule has 1 aromatic heterocycles. The molecule has 188 valence electrons. The number of piperidine rings is 1. The second-order valence-electron chi connectivity index (χ2n) is 9.47. The van der Waals surface area contributed by atoms with Crippen molar-refractivity contribution in [1.82, 2.24) is 15.2 Å². The lowest BCUT2D eigenvalue weighted by molar-refractivity contribution is 0.0320. The zero-order valence-corrected chi connectivity index (χ0v) is 20.5. The number of sulfone groups is 1. The SMILES string of the molecule is O=C(NCc1cccnc1)Nc1ccc(S(=O)(=O)C2CCN(C3CCC4OCOC4C3)CC2)cc1. The Morgan fingerprint density at radius 3 is 2.54 bits per heavy atom. The lowest BCUT2D eigenvalue weighted by Gasteiger charge is -2.41. The predicted octanol–water partition coefficient (Wildman–Crippen LogP) is 2.94. The number of likely N-dealkylation sites (tertiary alicyclic amines) is 1. The van der Waals surface area contributed by atoms with Crippen molar-refractivity contribution in [2.24, 2.45) is 0 Å². The van der Waals surface area contributed by atoms with Crippen molar-refractivity contribution in [2.45, 2.75) is 67.0 Å². The Balaban J connectivity index is 1.12. The van der Waals surface area contributed by atoms with Crippen molar-refractivity contribution in [3.8, 4) is 0 Å². The maximum absolute atomic E-state index is 13.3. The normalized spacial score (nSPS) is 25.7. The van der Waals surface area contributed by atoms with Crippen LogP contribution in [-0.4, -0.2) is 67.7 Å². The van der Waals surface area contributed by atoms with Gasteiger partial charge in [0.15, 0.2) is 9.84 Å². The van der Waals surface area contributed by atoms with Gasteiger partial charge in [0.2, 0.25) is 0 Å². The fourth-order valence-electron chi connectivity index (χ4n) is 5.32. The first-order chi connectivity index (χ1) is 17.0. The lowest BCUT2D eigenvalue weighted by atomic mass is 9.88. The van der Waals surface area contributed by atoms with Crippen molar-refractivity contribution in [1.29, 1.82) is 0 Å².